The third-order valence-electron chi connectivity index (χ3n) is 10.0. The topological polar surface area (TPSA) is 211 Å². The maximum atomic E-state index is 14.6. The number of carbonyl (C=O) groups excluding carboxylic acids is 2. The van der Waals surface area contributed by atoms with Crippen molar-refractivity contribution in [3.05, 3.63) is 64.5 Å². The van der Waals surface area contributed by atoms with Gasteiger partial charge in [-0.05, 0) is 94.3 Å². The van der Waals surface area contributed by atoms with Crippen molar-refractivity contribution < 1.29 is 58.9 Å². The third-order valence-corrected chi connectivity index (χ3v) is 11.8. The minimum absolute atomic E-state index is 0.0153. The summed E-state index contributed by atoms with van der Waals surface area (Å²) >= 11 is 3.57. The van der Waals surface area contributed by atoms with Crippen molar-refractivity contribution in [3.8, 4) is 22.5 Å². The van der Waals surface area contributed by atoms with E-state index >= 15 is 0 Å². The van der Waals surface area contributed by atoms with Crippen molar-refractivity contribution in [1.29, 1.82) is 0 Å². The number of hydrogen-bond donors (Lipinski definition) is 4. The van der Waals surface area contributed by atoms with Crippen LogP contribution in [0.2, 0.25) is 0 Å². The Morgan fingerprint density at radius 1 is 0.982 bits per heavy atom. The molecule has 4 aliphatic rings. The molecule has 1 aliphatic carbocycles. The summed E-state index contributed by atoms with van der Waals surface area (Å²) in [5.41, 5.74) is 3.45. The molecule has 2 saturated heterocycles. The molecule has 57 heavy (non-hydrogen) atoms. The zero-order valence-corrected chi connectivity index (χ0v) is 34.6. The average molecular weight is 849 g/mol. The molecule has 0 radical (unpaired) electrons. The van der Waals surface area contributed by atoms with Gasteiger partial charge in [0.15, 0.2) is 6.54 Å². The molecule has 16 nitrogen and oxygen atoms in total. The predicted molar refractivity (Wildman–Crippen MR) is 212 cm³/mol. The summed E-state index contributed by atoms with van der Waals surface area (Å²) in [5.74, 6) is -1.26. The minimum Gasteiger partial charge on any atom is -0.460 e. The van der Waals surface area contributed by atoms with Crippen LogP contribution in [-0.4, -0.2) is 86.5 Å². The second kappa shape index (κ2) is 16.6. The first-order valence-corrected chi connectivity index (χ1v) is 21.7. The number of rotatable bonds is 12. The quantitative estimate of drug-likeness (QED) is 0.0167. The number of anilines is 1. The van der Waals surface area contributed by atoms with Crippen LogP contribution >= 0.6 is 12.9 Å². The molecular formula is C38H46N3O13S3+. The molecule has 0 spiro atoms. The molecule has 1 unspecified atom stereocenters. The van der Waals surface area contributed by atoms with Gasteiger partial charge in [0.25, 0.3) is 32.4 Å². The number of hydrogen-bond acceptors (Lipinski definition) is 13. The molecule has 308 valence electrons. The highest BCUT2D eigenvalue weighted by Crippen LogP contribution is 2.44. The Labute approximate surface area is 336 Å². The molecule has 0 bridgehead atoms. The molecule has 19 heteroatoms. The van der Waals surface area contributed by atoms with Crippen molar-refractivity contribution in [2.24, 2.45) is 5.92 Å². The molecule has 3 aliphatic heterocycles. The molecule has 2 fully saturated rings. The largest absolute Gasteiger partial charge is 0.460 e. The van der Waals surface area contributed by atoms with E-state index in [9.17, 15) is 35.5 Å². The van der Waals surface area contributed by atoms with Crippen molar-refractivity contribution in [2.45, 2.75) is 77.0 Å². The van der Waals surface area contributed by atoms with E-state index in [0.29, 0.717) is 64.9 Å². The van der Waals surface area contributed by atoms with Gasteiger partial charge < -0.3 is 19.4 Å². The van der Waals surface area contributed by atoms with Gasteiger partial charge in [0, 0.05) is 71.9 Å². The maximum Gasteiger partial charge on any atom is 0.309 e. The van der Waals surface area contributed by atoms with Crippen molar-refractivity contribution >= 4 is 61.7 Å². The van der Waals surface area contributed by atoms with Crippen molar-refractivity contribution in [3.63, 3.8) is 0 Å². The Bertz CT molecular complexity index is 2470. The number of fused-ring (bicyclic) bond motifs is 2. The van der Waals surface area contributed by atoms with Gasteiger partial charge in [-0.1, -0.05) is 6.07 Å². The van der Waals surface area contributed by atoms with Crippen LogP contribution < -0.4 is 15.2 Å². The first-order chi connectivity index (χ1) is 26.7. The number of nitrogens with one attached hydrogen (secondary N) is 1. The zero-order chi connectivity index (χ0) is 41.4. The summed E-state index contributed by atoms with van der Waals surface area (Å²) in [6.45, 7) is 10.4. The first kappa shape index (κ1) is 42.5. The van der Waals surface area contributed by atoms with Gasteiger partial charge in [0.05, 0.1) is 29.1 Å². The van der Waals surface area contributed by atoms with Crippen LogP contribution in [0.1, 0.15) is 67.9 Å². The zero-order valence-electron chi connectivity index (χ0n) is 32.1. The summed E-state index contributed by atoms with van der Waals surface area (Å²) in [5, 5.41) is 9.16. The molecular weight excluding hydrogens is 803 g/mol. The van der Waals surface area contributed by atoms with Gasteiger partial charge in [-0.15, -0.1) is 9.22 Å². The molecule has 3 heterocycles. The number of carbonyl (C=O) groups is 2. The summed E-state index contributed by atoms with van der Waals surface area (Å²) < 4.78 is 85.3. The SMILES string of the molecule is Cc1cc2c(-c3ccc(S(=O)(=O)O)cc3C(=O)N3CCC(C(=O)OC(C)(C)C)CC3)c3cc(C)c(=[N+]4CCC4OOOS)cc-3oc2cc1NCCCS(=O)(=O)O. The van der Waals surface area contributed by atoms with Gasteiger partial charge in [-0.25, -0.2) is 0 Å². The highest BCUT2D eigenvalue weighted by Gasteiger charge is 2.37. The molecule has 0 aromatic heterocycles. The summed E-state index contributed by atoms with van der Waals surface area (Å²) in [4.78, 5) is 33.8. The molecule has 0 saturated carbocycles. The summed E-state index contributed by atoms with van der Waals surface area (Å²) in [6.07, 6.45) is 0.989. The maximum absolute atomic E-state index is 14.6. The lowest BCUT2D eigenvalue weighted by Gasteiger charge is -2.33. The number of likely N-dealkylation sites (tertiary alicyclic amines) is 1. The number of piperidine rings is 1. The highest BCUT2D eigenvalue weighted by atomic mass is 32.2. The van der Waals surface area contributed by atoms with Crippen LogP contribution in [0.25, 0.3) is 33.4 Å². The normalized spacial score (nSPS) is 17.8. The first-order valence-electron chi connectivity index (χ1n) is 18.3. The van der Waals surface area contributed by atoms with E-state index in [1.807, 2.05) is 36.6 Å². The lowest BCUT2D eigenvalue weighted by Crippen LogP contribution is -2.52. The number of thiol groups is 1. The highest BCUT2D eigenvalue weighted by molar-refractivity contribution is 7.86. The lowest BCUT2D eigenvalue weighted by molar-refractivity contribution is -0.488. The fourth-order valence-electron chi connectivity index (χ4n) is 7.21. The Morgan fingerprint density at radius 2 is 1.70 bits per heavy atom. The van der Waals surface area contributed by atoms with Gasteiger partial charge in [-0.2, -0.15) is 21.4 Å². The Morgan fingerprint density at radius 3 is 2.32 bits per heavy atom. The monoisotopic (exact) mass is 848 g/mol. The lowest BCUT2D eigenvalue weighted by atomic mass is 9.88. The van der Waals surface area contributed by atoms with Gasteiger partial charge >= 0.3 is 5.97 Å². The van der Waals surface area contributed by atoms with Crippen LogP contribution in [0.3, 0.4) is 0 Å². The van der Waals surface area contributed by atoms with E-state index in [1.165, 1.54) is 18.2 Å². The fourth-order valence-corrected chi connectivity index (χ4v) is 8.26. The van der Waals surface area contributed by atoms with E-state index in [1.54, 1.807) is 31.7 Å². The van der Waals surface area contributed by atoms with Crippen molar-refractivity contribution in [2.75, 3.05) is 37.2 Å². The van der Waals surface area contributed by atoms with Gasteiger partial charge in [-0.3, -0.25) is 18.7 Å². The molecule has 2 aromatic rings. The third kappa shape index (κ3) is 9.80. The standard InChI is InChI=1S/C38H45N3O13S3/c1-22-17-28-32(20-30(22)39-12-6-16-56(44,45)46)50-33-21-31(41-15-11-34(41)52-53-54-55)23(2)18-29(33)35(28)26-8-7-25(57(47,48)49)19-27(26)36(42)40-13-9-24(10-14-40)37(43)51-38(3,4)5/h7-8,17-21,24,34H,6,9-16H2,1-5H3,(H3,44,45,46,47,48,49,55)/p+1. The Balaban J connectivity index is 1.52. The Hall–Kier alpha value is -4.08. The number of nitrogens with zero attached hydrogens (tertiary/aromatic N) is 2. The molecule has 2 aromatic carbocycles. The van der Waals surface area contributed by atoms with Crippen LogP contribution in [-0.2, 0) is 44.0 Å². The van der Waals surface area contributed by atoms with Gasteiger partial charge in [0.1, 0.15) is 16.9 Å². The summed E-state index contributed by atoms with van der Waals surface area (Å²) in [6, 6.07) is 11.2. The number of ether oxygens (including phenoxy) is 1. The summed E-state index contributed by atoms with van der Waals surface area (Å²) in [7, 11) is -8.87. The van der Waals surface area contributed by atoms with Crippen molar-refractivity contribution in [1.82, 2.24) is 9.48 Å². The van der Waals surface area contributed by atoms with E-state index in [4.69, 9.17) is 14.0 Å². The number of esters is 1. The van der Waals surface area contributed by atoms with E-state index in [0.717, 1.165) is 16.5 Å². The molecule has 6 rings (SSSR count). The molecule has 1 amide bonds. The second-order valence-electron chi connectivity index (χ2n) is 15.3. The van der Waals surface area contributed by atoms with Crippen LogP contribution in [0, 0.1) is 19.8 Å². The smallest absolute Gasteiger partial charge is 0.309 e. The van der Waals surface area contributed by atoms with E-state index in [-0.39, 0.29) is 37.6 Å². The Kier molecular flexibility index (Phi) is 12.4. The van der Waals surface area contributed by atoms with E-state index < -0.39 is 54.5 Å². The molecule has 1 atom stereocenters. The van der Waals surface area contributed by atoms with Crippen LogP contribution in [0.5, 0.6) is 0 Å². The minimum atomic E-state index is -4.73. The second-order valence-corrected chi connectivity index (χ2v) is 18.4. The predicted octanol–water partition coefficient (Wildman–Crippen LogP) is 5.18. The van der Waals surface area contributed by atoms with Crippen LogP contribution in [0.4, 0.5) is 5.69 Å². The van der Waals surface area contributed by atoms with Crippen LogP contribution in [0.15, 0.2) is 51.8 Å². The number of amides is 1. The number of benzene rings is 3. The van der Waals surface area contributed by atoms with E-state index in [2.05, 4.69) is 27.6 Å². The fraction of sp³-hybridized carbons (Fsp3) is 0.447. The molecule has 3 N–H and O–H groups in total. The van der Waals surface area contributed by atoms with Gasteiger partial charge in [0.2, 0.25) is 5.36 Å². The average Bonchev–Trinajstić information content (AvgIpc) is 3.11. The number of aryl methyl sites for hydroxylation is 2.